The van der Waals surface area contributed by atoms with E-state index in [4.69, 9.17) is 0 Å². The molecule has 0 saturated heterocycles. The second-order valence-electron chi connectivity index (χ2n) is 2.77. The van der Waals surface area contributed by atoms with Crippen molar-refractivity contribution in [2.24, 2.45) is 0 Å². The fourth-order valence-electron chi connectivity index (χ4n) is 1.24. The highest BCUT2D eigenvalue weighted by atomic mass is 127. The minimum atomic E-state index is 0.952. The molecule has 2 heterocycles. The zero-order valence-corrected chi connectivity index (χ0v) is 9.03. The molecule has 0 aliphatic carbocycles. The lowest BCUT2D eigenvalue weighted by Crippen LogP contribution is -1.97. The lowest BCUT2D eigenvalue weighted by Gasteiger charge is -1.99. The molecular formula is C8H8IN3. The largest absolute Gasteiger partial charge is 0.233 e. The number of aromatic nitrogens is 3. The van der Waals surface area contributed by atoms with E-state index in [-0.39, 0.29) is 0 Å². The fraction of sp³-hybridized carbons (Fsp3) is 0.250. The van der Waals surface area contributed by atoms with Crippen molar-refractivity contribution in [3.05, 3.63) is 27.2 Å². The van der Waals surface area contributed by atoms with Crippen molar-refractivity contribution in [3.63, 3.8) is 0 Å². The van der Waals surface area contributed by atoms with Gasteiger partial charge in [0.25, 0.3) is 0 Å². The summed E-state index contributed by atoms with van der Waals surface area (Å²) in [6, 6.07) is 2.02. The van der Waals surface area contributed by atoms with E-state index in [2.05, 4.69) is 32.7 Å². The first kappa shape index (κ1) is 7.97. The van der Waals surface area contributed by atoms with Crippen LogP contribution in [0.5, 0.6) is 0 Å². The average molecular weight is 273 g/mol. The van der Waals surface area contributed by atoms with E-state index in [0.717, 1.165) is 20.6 Å². The molecule has 3 nitrogen and oxygen atoms in total. The van der Waals surface area contributed by atoms with Crippen molar-refractivity contribution in [2.45, 2.75) is 13.8 Å². The van der Waals surface area contributed by atoms with Gasteiger partial charge in [0.1, 0.15) is 0 Å². The molecular weight excluding hydrogens is 265 g/mol. The molecule has 0 amide bonds. The van der Waals surface area contributed by atoms with Crippen LogP contribution >= 0.6 is 22.6 Å². The molecule has 62 valence electrons. The standard InChI is InChI=1S/C8H8IN3/c1-5-3-6(2)12-8(11-5)7(9)4-10-12/h3-4H,1-2H3. The Morgan fingerprint density at radius 1 is 1.42 bits per heavy atom. The topological polar surface area (TPSA) is 30.2 Å². The summed E-state index contributed by atoms with van der Waals surface area (Å²) < 4.78 is 2.95. The highest BCUT2D eigenvalue weighted by molar-refractivity contribution is 14.1. The van der Waals surface area contributed by atoms with Crippen molar-refractivity contribution in [3.8, 4) is 0 Å². The van der Waals surface area contributed by atoms with Crippen LogP contribution in [0.1, 0.15) is 11.4 Å². The van der Waals surface area contributed by atoms with Crippen LogP contribution in [-0.4, -0.2) is 14.6 Å². The maximum Gasteiger partial charge on any atom is 0.168 e. The van der Waals surface area contributed by atoms with Crippen LogP contribution in [0.4, 0.5) is 0 Å². The normalized spacial score (nSPS) is 10.9. The zero-order chi connectivity index (χ0) is 8.72. The number of aryl methyl sites for hydroxylation is 2. The number of fused-ring (bicyclic) bond motifs is 1. The van der Waals surface area contributed by atoms with E-state index in [1.165, 1.54) is 0 Å². The number of hydrogen-bond donors (Lipinski definition) is 0. The zero-order valence-electron chi connectivity index (χ0n) is 6.87. The summed E-state index contributed by atoms with van der Waals surface area (Å²) in [6.45, 7) is 4.03. The van der Waals surface area contributed by atoms with Crippen molar-refractivity contribution >= 4 is 28.2 Å². The Bertz CT molecular complexity index is 433. The summed E-state index contributed by atoms with van der Waals surface area (Å²) >= 11 is 2.24. The van der Waals surface area contributed by atoms with Crippen molar-refractivity contribution < 1.29 is 0 Å². The molecule has 0 radical (unpaired) electrons. The molecule has 2 aromatic rings. The van der Waals surface area contributed by atoms with Crippen LogP contribution in [0, 0.1) is 17.4 Å². The van der Waals surface area contributed by atoms with Gasteiger partial charge in [-0.1, -0.05) is 0 Å². The molecule has 2 rings (SSSR count). The molecule has 0 aromatic carbocycles. The first-order chi connectivity index (χ1) is 5.68. The summed E-state index contributed by atoms with van der Waals surface area (Å²) in [4.78, 5) is 4.39. The summed E-state index contributed by atoms with van der Waals surface area (Å²) in [5.74, 6) is 0. The Morgan fingerprint density at radius 2 is 2.17 bits per heavy atom. The summed E-state index contributed by atoms with van der Waals surface area (Å²) in [5.41, 5.74) is 3.12. The molecule has 12 heavy (non-hydrogen) atoms. The Balaban J connectivity index is 2.92. The summed E-state index contributed by atoms with van der Waals surface area (Å²) in [5, 5.41) is 4.21. The lowest BCUT2D eigenvalue weighted by atomic mass is 10.3. The summed E-state index contributed by atoms with van der Waals surface area (Å²) in [7, 11) is 0. The average Bonchev–Trinajstić information content (AvgIpc) is 2.33. The predicted octanol–water partition coefficient (Wildman–Crippen LogP) is 1.95. The van der Waals surface area contributed by atoms with Gasteiger partial charge >= 0.3 is 0 Å². The maximum atomic E-state index is 4.39. The third kappa shape index (κ3) is 1.10. The minimum absolute atomic E-state index is 0.952. The molecule has 0 unspecified atom stereocenters. The van der Waals surface area contributed by atoms with E-state index in [1.807, 2.05) is 30.6 Å². The van der Waals surface area contributed by atoms with Crippen LogP contribution in [0.3, 0.4) is 0 Å². The monoisotopic (exact) mass is 273 g/mol. The van der Waals surface area contributed by atoms with Crippen LogP contribution in [0.25, 0.3) is 5.65 Å². The molecule has 0 fully saturated rings. The van der Waals surface area contributed by atoms with Crippen molar-refractivity contribution in [2.75, 3.05) is 0 Å². The number of nitrogens with zero attached hydrogens (tertiary/aromatic N) is 3. The van der Waals surface area contributed by atoms with E-state index >= 15 is 0 Å². The van der Waals surface area contributed by atoms with Gasteiger partial charge in [-0.3, -0.25) is 0 Å². The Morgan fingerprint density at radius 3 is 2.92 bits per heavy atom. The molecule has 0 spiro atoms. The molecule has 4 heteroatoms. The SMILES string of the molecule is Cc1cc(C)n2ncc(I)c2n1. The molecule has 0 bridgehead atoms. The van der Waals surface area contributed by atoms with Gasteiger partial charge in [-0.05, 0) is 42.5 Å². The molecule has 0 N–H and O–H groups in total. The first-order valence-corrected chi connectivity index (χ1v) is 4.74. The maximum absolute atomic E-state index is 4.39. The van der Waals surface area contributed by atoms with E-state index in [0.29, 0.717) is 0 Å². The van der Waals surface area contributed by atoms with Crippen molar-refractivity contribution in [1.82, 2.24) is 14.6 Å². The predicted molar refractivity (Wildman–Crippen MR) is 55.2 cm³/mol. The third-order valence-corrected chi connectivity index (χ3v) is 2.50. The van der Waals surface area contributed by atoms with Gasteiger partial charge in [0.2, 0.25) is 0 Å². The van der Waals surface area contributed by atoms with E-state index in [1.54, 1.807) is 0 Å². The second kappa shape index (κ2) is 2.69. The number of rotatable bonds is 0. The molecule has 2 aromatic heterocycles. The smallest absolute Gasteiger partial charge is 0.168 e. The number of hydrogen-bond acceptors (Lipinski definition) is 2. The lowest BCUT2D eigenvalue weighted by molar-refractivity contribution is 0.886. The van der Waals surface area contributed by atoms with Gasteiger partial charge in [-0.2, -0.15) is 5.10 Å². The van der Waals surface area contributed by atoms with Crippen LogP contribution in [-0.2, 0) is 0 Å². The van der Waals surface area contributed by atoms with Crippen LogP contribution < -0.4 is 0 Å². The van der Waals surface area contributed by atoms with Gasteiger partial charge in [0, 0.05) is 11.4 Å². The molecule has 0 aliphatic rings. The quantitative estimate of drug-likeness (QED) is 0.687. The minimum Gasteiger partial charge on any atom is -0.233 e. The Labute approximate surface area is 83.9 Å². The highest BCUT2D eigenvalue weighted by Crippen LogP contribution is 2.12. The Kier molecular flexibility index (Phi) is 1.79. The molecule has 0 atom stereocenters. The second-order valence-corrected chi connectivity index (χ2v) is 3.93. The molecule has 0 saturated carbocycles. The highest BCUT2D eigenvalue weighted by Gasteiger charge is 2.04. The van der Waals surface area contributed by atoms with Crippen LogP contribution in [0.2, 0.25) is 0 Å². The van der Waals surface area contributed by atoms with E-state index in [9.17, 15) is 0 Å². The van der Waals surface area contributed by atoms with Gasteiger partial charge in [0.15, 0.2) is 5.65 Å². The van der Waals surface area contributed by atoms with E-state index < -0.39 is 0 Å². The van der Waals surface area contributed by atoms with Gasteiger partial charge < -0.3 is 0 Å². The van der Waals surface area contributed by atoms with Gasteiger partial charge in [0.05, 0.1) is 9.77 Å². The number of halogens is 1. The fourth-order valence-corrected chi connectivity index (χ4v) is 1.72. The third-order valence-electron chi connectivity index (χ3n) is 1.73. The van der Waals surface area contributed by atoms with Crippen molar-refractivity contribution in [1.29, 1.82) is 0 Å². The van der Waals surface area contributed by atoms with Gasteiger partial charge in [-0.25, -0.2) is 9.50 Å². The summed E-state index contributed by atoms with van der Waals surface area (Å²) in [6.07, 6.45) is 1.83. The van der Waals surface area contributed by atoms with Crippen LogP contribution in [0.15, 0.2) is 12.3 Å². The van der Waals surface area contributed by atoms with Gasteiger partial charge in [-0.15, -0.1) is 0 Å². The first-order valence-electron chi connectivity index (χ1n) is 3.66. The molecule has 0 aliphatic heterocycles. The Hall–Kier alpha value is -0.650.